The number of fused-ring (bicyclic) bond motifs is 2. The average molecular weight is 1060 g/mol. The molecule has 16 atom stereocenters. The molecule has 0 aromatic carbocycles. The van der Waals surface area contributed by atoms with E-state index < -0.39 is 150 Å². The Hall–Kier alpha value is -5.01. The van der Waals surface area contributed by atoms with Crippen LogP contribution in [0.4, 0.5) is 11.8 Å². The third-order valence-electron chi connectivity index (χ3n) is 9.13. The summed E-state index contributed by atoms with van der Waals surface area (Å²) in [6, 6.07) is 0. The predicted molar refractivity (Wildman–Crippen MR) is 226 cm³/mol. The van der Waals surface area contributed by atoms with Crippen molar-refractivity contribution >= 4 is 54.2 Å². The van der Waals surface area contributed by atoms with Crippen molar-refractivity contribution in [2.45, 2.75) is 97.8 Å². The zero-order valence-electron chi connectivity index (χ0n) is 36.2. The fourth-order valence-corrected chi connectivity index (χ4v) is 5.21. The van der Waals surface area contributed by atoms with Crippen molar-refractivity contribution in [3.8, 4) is 0 Å². The third-order valence-corrected chi connectivity index (χ3v) is 9.13. The number of rotatable bonds is 18. The number of nitrogens with two attached hydrogens (primary N) is 2. The SMILES string of the molecule is Nc1nc2c(ncn2[C@@H]2O[C@H](COC(=O)[C@H](O)[C@@H](O)[C@H](O)[C@H](O)CO)[C@@H](O)[C@H]2O)c(=O)[nH]1.Nc1ncnc2nc[nH]c12.O=C[C@H](O)[C@@H](O)[C@H](O)[C@H](O)CO.O=P(O)(O)O.OC[C@@H](O)[C@@H](O)[C@H](O)[C@H](O)CO. The molecule has 5 rings (SSSR count). The first-order valence-corrected chi connectivity index (χ1v) is 21.2. The van der Waals surface area contributed by atoms with E-state index in [2.05, 4.69) is 34.9 Å². The molecule has 1 aliphatic heterocycles. The number of imidazole rings is 2. The van der Waals surface area contributed by atoms with E-state index in [0.29, 0.717) is 17.0 Å². The molecule has 37 nitrogen and oxygen atoms in total. The van der Waals surface area contributed by atoms with Gasteiger partial charge in [0.2, 0.25) is 5.95 Å². The molecule has 4 aromatic rings. The van der Waals surface area contributed by atoms with Crippen LogP contribution in [0.15, 0.2) is 23.8 Å². The van der Waals surface area contributed by atoms with Gasteiger partial charge in [-0.2, -0.15) is 4.98 Å². The van der Waals surface area contributed by atoms with Gasteiger partial charge in [-0.3, -0.25) is 14.3 Å². The summed E-state index contributed by atoms with van der Waals surface area (Å²) in [5.41, 5.74) is 11.5. The Balaban J connectivity index is 0.000000527. The third kappa shape index (κ3) is 19.5. The fourth-order valence-electron chi connectivity index (χ4n) is 5.21. The van der Waals surface area contributed by atoms with E-state index in [4.69, 9.17) is 101 Å². The molecule has 0 radical (unpaired) electrons. The van der Waals surface area contributed by atoms with Crippen molar-refractivity contribution in [3.63, 3.8) is 0 Å². The van der Waals surface area contributed by atoms with Crippen LogP contribution in [0.2, 0.25) is 0 Å². The summed E-state index contributed by atoms with van der Waals surface area (Å²) in [4.78, 5) is 79.7. The van der Waals surface area contributed by atoms with Gasteiger partial charge in [0.15, 0.2) is 41.2 Å². The lowest BCUT2D eigenvalue weighted by atomic mass is 10.0. The summed E-state index contributed by atoms with van der Waals surface area (Å²) in [5.74, 6) is -1.21. The van der Waals surface area contributed by atoms with Crippen molar-refractivity contribution in [2.75, 3.05) is 44.5 Å². The summed E-state index contributed by atoms with van der Waals surface area (Å²) in [6.45, 7) is -3.83. The Morgan fingerprint density at radius 3 is 1.70 bits per heavy atom. The molecule has 1 aliphatic rings. The van der Waals surface area contributed by atoms with Gasteiger partial charge in [0, 0.05) is 0 Å². The fraction of sp³-hybridized carbons (Fsp3) is 0.636. The maximum Gasteiger partial charge on any atom is 0.466 e. The molecule has 1 saturated heterocycles. The smallest absolute Gasteiger partial charge is 0.461 e. The van der Waals surface area contributed by atoms with E-state index in [1.807, 2.05) is 0 Å². The number of aromatic amines is 2. The summed E-state index contributed by atoms with van der Waals surface area (Å²) >= 11 is 0. The monoisotopic (exact) mass is 1060 g/mol. The van der Waals surface area contributed by atoms with Gasteiger partial charge in [-0.25, -0.2) is 29.3 Å². The van der Waals surface area contributed by atoms with E-state index >= 15 is 0 Å². The van der Waals surface area contributed by atoms with Gasteiger partial charge >= 0.3 is 13.8 Å². The van der Waals surface area contributed by atoms with Crippen LogP contribution in [0.5, 0.6) is 0 Å². The Morgan fingerprint density at radius 1 is 0.761 bits per heavy atom. The summed E-state index contributed by atoms with van der Waals surface area (Å²) in [5, 5.41) is 163. The first kappa shape index (κ1) is 64.0. The molecule has 5 heterocycles. The lowest BCUT2D eigenvalue weighted by Crippen LogP contribution is -2.49. The quantitative estimate of drug-likeness (QED) is 0.0250. The highest BCUT2D eigenvalue weighted by Gasteiger charge is 2.46. The van der Waals surface area contributed by atoms with Crippen molar-refractivity contribution in [1.29, 1.82) is 0 Å². The van der Waals surface area contributed by atoms with Crippen LogP contribution in [0.3, 0.4) is 0 Å². The number of aldehydes is 1. The van der Waals surface area contributed by atoms with Crippen molar-refractivity contribution in [1.82, 2.24) is 39.5 Å². The van der Waals surface area contributed by atoms with Crippen LogP contribution in [0.1, 0.15) is 6.23 Å². The molecule has 0 unspecified atom stereocenters. The van der Waals surface area contributed by atoms with Gasteiger partial charge < -0.3 is 137 Å². The van der Waals surface area contributed by atoms with Gasteiger partial charge in [0.1, 0.15) is 104 Å². The molecular weight excluding hydrogens is 999 g/mol. The number of H-pyrrole nitrogens is 2. The van der Waals surface area contributed by atoms with Crippen LogP contribution in [0, 0.1) is 0 Å². The zero-order chi connectivity index (χ0) is 54.7. The predicted octanol–water partition coefficient (Wildman–Crippen LogP) is -13.7. The normalized spacial score (nSPS) is 21.8. The van der Waals surface area contributed by atoms with Gasteiger partial charge in [-0.05, 0) is 0 Å². The maximum atomic E-state index is 11.9. The summed E-state index contributed by atoms with van der Waals surface area (Å²) in [6.07, 6.45) is -23.2. The number of aromatic nitrogens is 8. The number of carbonyl (C=O) groups excluding carboxylic acids is 2. The number of aliphatic hydroxyl groups excluding tert-OH is 18. The minimum absolute atomic E-state index is 0.0258. The molecule has 0 spiro atoms. The summed E-state index contributed by atoms with van der Waals surface area (Å²) in [7, 11) is -4.64. The molecule has 71 heavy (non-hydrogen) atoms. The van der Waals surface area contributed by atoms with Crippen LogP contribution in [-0.4, -0.2) is 283 Å². The highest BCUT2D eigenvalue weighted by Crippen LogP contribution is 2.31. The number of hydrogen-bond acceptors (Lipinski definition) is 31. The Morgan fingerprint density at radius 2 is 1.24 bits per heavy atom. The second kappa shape index (κ2) is 30.1. The van der Waals surface area contributed by atoms with Gasteiger partial charge in [0.05, 0.1) is 39.1 Å². The second-order valence-corrected chi connectivity index (χ2v) is 15.4. The Bertz CT molecular complexity index is 2270. The number of esters is 1. The van der Waals surface area contributed by atoms with Gasteiger partial charge in [-0.1, -0.05) is 0 Å². The first-order valence-electron chi connectivity index (χ1n) is 19.7. The topological polar surface area (TPSA) is 665 Å². The van der Waals surface area contributed by atoms with Gasteiger partial charge in [-0.15, -0.1) is 0 Å². The van der Waals surface area contributed by atoms with Crippen LogP contribution >= 0.6 is 7.82 Å². The molecule has 4 aromatic heterocycles. The van der Waals surface area contributed by atoms with Crippen molar-refractivity contribution in [3.05, 3.63) is 29.3 Å². The second-order valence-electron chi connectivity index (χ2n) is 14.3. The number of ether oxygens (including phenoxy) is 2. The number of nitrogen functional groups attached to an aromatic ring is 2. The molecule has 38 heteroatoms. The Kier molecular flexibility index (Phi) is 27.2. The Labute approximate surface area is 395 Å². The number of carbonyl (C=O) groups is 2. The largest absolute Gasteiger partial charge is 0.466 e. The van der Waals surface area contributed by atoms with Crippen LogP contribution in [-0.2, 0) is 23.6 Å². The number of hydrogen-bond donors (Lipinski definition) is 25. The van der Waals surface area contributed by atoms with Crippen molar-refractivity contribution in [2.24, 2.45) is 0 Å². The zero-order valence-corrected chi connectivity index (χ0v) is 37.1. The average Bonchev–Trinajstić information content (AvgIpc) is 4.08. The van der Waals surface area contributed by atoms with Crippen molar-refractivity contribution < 1.29 is 130 Å². The first-order chi connectivity index (χ1) is 33.0. The lowest BCUT2D eigenvalue weighted by Gasteiger charge is -2.25. The molecule has 0 aliphatic carbocycles. The van der Waals surface area contributed by atoms with Crippen LogP contribution < -0.4 is 17.0 Å². The minimum Gasteiger partial charge on any atom is -0.461 e. The number of anilines is 2. The molecule has 406 valence electrons. The molecule has 1 fully saturated rings. The van der Waals surface area contributed by atoms with E-state index in [9.17, 15) is 45.0 Å². The molecular formula is C33H57N10O27P. The summed E-state index contributed by atoms with van der Waals surface area (Å²) < 4.78 is 20.3. The minimum atomic E-state index is -4.64. The highest BCUT2D eigenvalue weighted by molar-refractivity contribution is 7.45. The maximum absolute atomic E-state index is 11.9. The lowest BCUT2D eigenvalue weighted by molar-refractivity contribution is -0.175. The van der Waals surface area contributed by atoms with E-state index in [1.165, 1.54) is 12.7 Å². The number of nitrogens with zero attached hydrogens (tertiary/aromatic N) is 6. The van der Waals surface area contributed by atoms with Crippen LogP contribution in [0.25, 0.3) is 22.3 Å². The number of aliphatic hydroxyl groups is 18. The highest BCUT2D eigenvalue weighted by atomic mass is 31.2. The molecule has 27 N–H and O–H groups in total. The van der Waals surface area contributed by atoms with Gasteiger partial charge in [0.25, 0.3) is 5.56 Å². The van der Waals surface area contributed by atoms with E-state index in [1.54, 1.807) is 0 Å². The molecule has 0 amide bonds. The van der Waals surface area contributed by atoms with E-state index in [-0.39, 0.29) is 23.4 Å². The molecule has 0 saturated carbocycles. The standard InChI is InChI=1S/C16H23N5O11.C6H14O6.C6H12O6.C5H5N5.H3O4P/c17-16-19-12-6(13(29)20-16)18-3-21(12)14-10(27)8(25)5(32-14)2-31-15(30)11(28)9(26)7(24)4(23)1-22;2*7-1-3(9)5(11)6(12)4(10)2-8;6-4-3-5(9-1-7-3)10-2-8-4;1-5(2,3)4/h3-5,7-11,14,22-28H,1-2H2,(H3,17,19,20,29);3-12H,1-2H2;1,3-6,8-12H,2H2;1-2H,(H3,6,7,8,9,10);(H3,1,2,3,4)/t4-,5-,7-,8-,9+,10-,11-,14-;3-,4-,5-,6-;3-,4+,5+,6+;;/m110../s1. The van der Waals surface area contributed by atoms with E-state index in [0.717, 1.165) is 10.9 Å². The molecule has 0 bridgehead atoms. The number of nitrogens with one attached hydrogen (secondary N) is 2. The number of phosphoric acid groups is 1.